The summed E-state index contributed by atoms with van der Waals surface area (Å²) in [6.45, 7) is 8.63. The molecule has 5 heteroatoms. The largest absolute Gasteiger partial charge is 0.367 e. The molecule has 17 heavy (non-hydrogen) atoms. The molecule has 0 bridgehead atoms. The Kier molecular flexibility index (Phi) is 5.15. The number of aromatic nitrogens is 2. The summed E-state index contributed by atoms with van der Waals surface area (Å²) in [5.74, 6) is 7.30. The number of hydrazine groups is 1. The molecule has 0 aromatic carbocycles. The first-order valence-corrected chi connectivity index (χ1v) is 6.13. The van der Waals surface area contributed by atoms with E-state index in [4.69, 9.17) is 5.84 Å². The smallest absolute Gasteiger partial charge is 0.239 e. The molecule has 96 valence electrons. The Morgan fingerprint density at radius 2 is 2.12 bits per heavy atom. The minimum absolute atomic E-state index is 0.393. The van der Waals surface area contributed by atoms with Crippen molar-refractivity contribution in [1.29, 1.82) is 0 Å². The molecule has 1 heterocycles. The maximum absolute atomic E-state index is 5.30. The van der Waals surface area contributed by atoms with E-state index in [-0.39, 0.29) is 0 Å². The molecule has 0 fully saturated rings. The summed E-state index contributed by atoms with van der Waals surface area (Å²) < 4.78 is 0. The summed E-state index contributed by atoms with van der Waals surface area (Å²) in [4.78, 5) is 8.36. The molecular formula is C12H23N5. The molecule has 1 aromatic rings. The molecule has 1 aromatic heterocycles. The van der Waals surface area contributed by atoms with E-state index in [2.05, 4.69) is 41.5 Å². The van der Waals surface area contributed by atoms with Crippen LogP contribution in [0.15, 0.2) is 6.20 Å². The zero-order valence-corrected chi connectivity index (χ0v) is 11.1. The van der Waals surface area contributed by atoms with Crippen LogP contribution in [0.3, 0.4) is 0 Å². The summed E-state index contributed by atoms with van der Waals surface area (Å²) in [6.07, 6.45) is 4.09. The SMILES string of the molecule is CCC(C)CC(C)Nc1nc(NN)ncc1C. The number of hydrogen-bond acceptors (Lipinski definition) is 5. The molecule has 0 aliphatic rings. The topological polar surface area (TPSA) is 75.9 Å². The molecular weight excluding hydrogens is 214 g/mol. The molecule has 5 nitrogen and oxygen atoms in total. The van der Waals surface area contributed by atoms with Crippen LogP contribution >= 0.6 is 0 Å². The fraction of sp³-hybridized carbons (Fsp3) is 0.667. The third kappa shape index (κ3) is 4.19. The maximum atomic E-state index is 5.30. The standard InChI is InChI=1S/C12H23N5/c1-5-8(2)6-10(4)15-11-9(3)7-14-12(16-11)17-13/h7-8,10H,5-6,13H2,1-4H3,(H2,14,15,16,17). The van der Waals surface area contributed by atoms with Crippen molar-refractivity contribution >= 4 is 11.8 Å². The Bertz CT molecular complexity index is 353. The van der Waals surface area contributed by atoms with E-state index < -0.39 is 0 Å². The molecule has 2 unspecified atom stereocenters. The van der Waals surface area contributed by atoms with Crippen molar-refractivity contribution in [2.45, 2.75) is 46.6 Å². The number of nitrogens with two attached hydrogens (primary N) is 1. The normalized spacial score (nSPS) is 14.2. The molecule has 0 saturated carbocycles. The lowest BCUT2D eigenvalue weighted by molar-refractivity contribution is 0.483. The van der Waals surface area contributed by atoms with Crippen molar-refractivity contribution in [3.8, 4) is 0 Å². The van der Waals surface area contributed by atoms with Crippen LogP contribution in [0.1, 0.15) is 39.2 Å². The first kappa shape index (κ1) is 13.7. The predicted octanol–water partition coefficient (Wildman–Crippen LogP) is 2.31. The van der Waals surface area contributed by atoms with Gasteiger partial charge in [0.25, 0.3) is 0 Å². The molecule has 2 atom stereocenters. The monoisotopic (exact) mass is 237 g/mol. The minimum Gasteiger partial charge on any atom is -0.367 e. The summed E-state index contributed by atoms with van der Waals surface area (Å²) in [7, 11) is 0. The van der Waals surface area contributed by atoms with Crippen molar-refractivity contribution < 1.29 is 0 Å². The van der Waals surface area contributed by atoms with Gasteiger partial charge in [-0.25, -0.2) is 10.8 Å². The first-order valence-electron chi connectivity index (χ1n) is 6.13. The van der Waals surface area contributed by atoms with Gasteiger partial charge in [0.1, 0.15) is 5.82 Å². The van der Waals surface area contributed by atoms with Crippen molar-refractivity contribution in [2.24, 2.45) is 11.8 Å². The van der Waals surface area contributed by atoms with Crippen molar-refractivity contribution in [3.63, 3.8) is 0 Å². The average molecular weight is 237 g/mol. The van der Waals surface area contributed by atoms with Gasteiger partial charge in [0.05, 0.1) is 0 Å². The fourth-order valence-electron chi connectivity index (χ4n) is 1.72. The van der Waals surface area contributed by atoms with E-state index in [1.165, 1.54) is 6.42 Å². The summed E-state index contributed by atoms with van der Waals surface area (Å²) in [5.41, 5.74) is 3.49. The van der Waals surface area contributed by atoms with Crippen LogP contribution in [0.5, 0.6) is 0 Å². The van der Waals surface area contributed by atoms with E-state index in [9.17, 15) is 0 Å². The van der Waals surface area contributed by atoms with E-state index in [1.807, 2.05) is 6.92 Å². The second-order valence-electron chi connectivity index (χ2n) is 4.66. The predicted molar refractivity (Wildman–Crippen MR) is 71.7 cm³/mol. The number of rotatable bonds is 6. The highest BCUT2D eigenvalue weighted by molar-refractivity contribution is 5.46. The van der Waals surface area contributed by atoms with Gasteiger partial charge in [-0.2, -0.15) is 4.98 Å². The summed E-state index contributed by atoms with van der Waals surface area (Å²) >= 11 is 0. The molecule has 0 saturated heterocycles. The molecule has 0 amide bonds. The van der Waals surface area contributed by atoms with Crippen LogP contribution in [0.2, 0.25) is 0 Å². The van der Waals surface area contributed by atoms with Crippen LogP contribution < -0.4 is 16.6 Å². The zero-order valence-electron chi connectivity index (χ0n) is 11.1. The summed E-state index contributed by atoms with van der Waals surface area (Å²) in [5, 5.41) is 3.40. The van der Waals surface area contributed by atoms with Gasteiger partial charge in [-0.3, -0.25) is 5.43 Å². The minimum atomic E-state index is 0.393. The Labute approximate surface area is 103 Å². The highest BCUT2D eigenvalue weighted by Gasteiger charge is 2.10. The number of aryl methyl sites for hydroxylation is 1. The quantitative estimate of drug-likeness (QED) is 0.523. The van der Waals surface area contributed by atoms with E-state index in [0.717, 1.165) is 17.8 Å². The van der Waals surface area contributed by atoms with Crippen LogP contribution in [0, 0.1) is 12.8 Å². The van der Waals surface area contributed by atoms with E-state index >= 15 is 0 Å². The molecule has 4 N–H and O–H groups in total. The van der Waals surface area contributed by atoms with Gasteiger partial charge in [-0.1, -0.05) is 20.3 Å². The second kappa shape index (κ2) is 6.39. The first-order chi connectivity index (χ1) is 8.06. The van der Waals surface area contributed by atoms with Crippen molar-refractivity contribution in [1.82, 2.24) is 9.97 Å². The van der Waals surface area contributed by atoms with Crippen LogP contribution in [-0.2, 0) is 0 Å². The van der Waals surface area contributed by atoms with Crippen LogP contribution in [0.4, 0.5) is 11.8 Å². The summed E-state index contributed by atoms with van der Waals surface area (Å²) in [6, 6.07) is 0.393. The fourth-order valence-corrected chi connectivity index (χ4v) is 1.72. The van der Waals surface area contributed by atoms with Crippen LogP contribution in [0.25, 0.3) is 0 Å². The second-order valence-corrected chi connectivity index (χ2v) is 4.66. The average Bonchev–Trinajstić information content (AvgIpc) is 2.31. The van der Waals surface area contributed by atoms with Gasteiger partial charge in [-0.15, -0.1) is 0 Å². The zero-order chi connectivity index (χ0) is 12.8. The lowest BCUT2D eigenvalue weighted by Crippen LogP contribution is -2.20. The van der Waals surface area contributed by atoms with E-state index in [1.54, 1.807) is 6.20 Å². The molecule has 0 aliphatic carbocycles. The number of nitrogen functional groups attached to an aromatic ring is 1. The third-order valence-corrected chi connectivity index (χ3v) is 2.94. The van der Waals surface area contributed by atoms with Crippen LogP contribution in [-0.4, -0.2) is 16.0 Å². The van der Waals surface area contributed by atoms with Gasteiger partial charge in [-0.05, 0) is 26.2 Å². The van der Waals surface area contributed by atoms with Gasteiger partial charge in [0.15, 0.2) is 0 Å². The highest BCUT2D eigenvalue weighted by atomic mass is 15.3. The molecule has 0 spiro atoms. The lowest BCUT2D eigenvalue weighted by Gasteiger charge is -2.19. The number of nitrogens with one attached hydrogen (secondary N) is 2. The van der Waals surface area contributed by atoms with Gasteiger partial charge in [0.2, 0.25) is 5.95 Å². The van der Waals surface area contributed by atoms with Gasteiger partial charge in [0, 0.05) is 17.8 Å². The van der Waals surface area contributed by atoms with Gasteiger partial charge >= 0.3 is 0 Å². The van der Waals surface area contributed by atoms with Crippen molar-refractivity contribution in [2.75, 3.05) is 10.7 Å². The Balaban J connectivity index is 2.66. The Morgan fingerprint density at radius 1 is 1.41 bits per heavy atom. The number of anilines is 2. The Morgan fingerprint density at radius 3 is 2.71 bits per heavy atom. The van der Waals surface area contributed by atoms with Crippen molar-refractivity contribution in [3.05, 3.63) is 11.8 Å². The number of nitrogens with zero attached hydrogens (tertiary/aromatic N) is 2. The number of hydrogen-bond donors (Lipinski definition) is 3. The van der Waals surface area contributed by atoms with E-state index in [0.29, 0.717) is 17.9 Å². The highest BCUT2D eigenvalue weighted by Crippen LogP contribution is 2.17. The Hall–Kier alpha value is -1.36. The maximum Gasteiger partial charge on any atom is 0.239 e. The third-order valence-electron chi connectivity index (χ3n) is 2.94. The molecule has 1 rings (SSSR count). The lowest BCUT2D eigenvalue weighted by atomic mass is 10.0. The van der Waals surface area contributed by atoms with Gasteiger partial charge < -0.3 is 5.32 Å². The molecule has 0 aliphatic heterocycles. The molecule has 0 radical (unpaired) electrons.